The Hall–Kier alpha value is -2.21. The maximum atomic E-state index is 12.6. The van der Waals surface area contributed by atoms with Crippen LogP contribution in [-0.2, 0) is 16.6 Å². The molecule has 1 amide bonds. The van der Waals surface area contributed by atoms with Gasteiger partial charge in [0, 0.05) is 37.3 Å². The standard InChI is InChI=1S/C17H22N4O2/c1-11(13-5-4-7-18-9-13)17(22)20-15-6-8-23-16(15)14-10-19-21(3)12(14)2/h4-5,7,9-11,15-16H,6,8H2,1-3H3,(H,20,22)/t11?,15-,16+/m0/s1. The van der Waals surface area contributed by atoms with Crippen LogP contribution in [0.5, 0.6) is 0 Å². The van der Waals surface area contributed by atoms with E-state index in [0.29, 0.717) is 6.61 Å². The molecule has 122 valence electrons. The Morgan fingerprint density at radius 3 is 2.96 bits per heavy atom. The summed E-state index contributed by atoms with van der Waals surface area (Å²) in [5, 5.41) is 7.41. The van der Waals surface area contributed by atoms with E-state index in [9.17, 15) is 4.79 Å². The van der Waals surface area contributed by atoms with E-state index in [0.717, 1.165) is 23.2 Å². The molecule has 0 saturated carbocycles. The summed E-state index contributed by atoms with van der Waals surface area (Å²) < 4.78 is 7.68. The van der Waals surface area contributed by atoms with E-state index in [4.69, 9.17) is 4.74 Å². The molecule has 6 heteroatoms. The minimum absolute atomic E-state index is 0.0000402. The molecular formula is C17H22N4O2. The Bertz CT molecular complexity index is 683. The summed E-state index contributed by atoms with van der Waals surface area (Å²) in [6, 6.07) is 3.74. The average molecular weight is 314 g/mol. The smallest absolute Gasteiger partial charge is 0.227 e. The summed E-state index contributed by atoms with van der Waals surface area (Å²) in [7, 11) is 1.91. The fourth-order valence-corrected chi connectivity index (χ4v) is 2.93. The van der Waals surface area contributed by atoms with Gasteiger partial charge in [0.05, 0.1) is 18.2 Å². The van der Waals surface area contributed by atoms with Crippen LogP contribution in [0.25, 0.3) is 0 Å². The summed E-state index contributed by atoms with van der Waals surface area (Å²) in [6.45, 7) is 4.55. The molecular weight excluding hydrogens is 292 g/mol. The maximum Gasteiger partial charge on any atom is 0.227 e. The lowest BCUT2D eigenvalue weighted by Crippen LogP contribution is -2.39. The monoisotopic (exact) mass is 314 g/mol. The van der Waals surface area contributed by atoms with Gasteiger partial charge in [-0.15, -0.1) is 0 Å². The Morgan fingerprint density at radius 1 is 1.48 bits per heavy atom. The molecule has 0 bridgehead atoms. The lowest BCUT2D eigenvalue weighted by Gasteiger charge is -2.22. The van der Waals surface area contributed by atoms with Crippen molar-refractivity contribution in [2.75, 3.05) is 6.61 Å². The SMILES string of the molecule is Cc1c([C@H]2OCC[C@@H]2NC(=O)C(C)c2cccnc2)cnn1C. The first-order chi connectivity index (χ1) is 11.1. The van der Waals surface area contributed by atoms with Crippen molar-refractivity contribution in [2.24, 2.45) is 7.05 Å². The van der Waals surface area contributed by atoms with E-state index < -0.39 is 0 Å². The van der Waals surface area contributed by atoms with Crippen molar-refractivity contribution in [3.63, 3.8) is 0 Å². The molecule has 0 aromatic carbocycles. The van der Waals surface area contributed by atoms with Crippen molar-refractivity contribution in [3.8, 4) is 0 Å². The van der Waals surface area contributed by atoms with Crippen molar-refractivity contribution in [1.29, 1.82) is 0 Å². The molecule has 2 aromatic heterocycles. The lowest BCUT2D eigenvalue weighted by atomic mass is 9.99. The summed E-state index contributed by atoms with van der Waals surface area (Å²) in [5.41, 5.74) is 3.03. The lowest BCUT2D eigenvalue weighted by molar-refractivity contribution is -0.123. The van der Waals surface area contributed by atoms with Gasteiger partial charge in [-0.1, -0.05) is 6.07 Å². The van der Waals surface area contributed by atoms with E-state index in [1.54, 1.807) is 12.4 Å². The summed E-state index contributed by atoms with van der Waals surface area (Å²) in [4.78, 5) is 16.6. The van der Waals surface area contributed by atoms with Gasteiger partial charge in [-0.05, 0) is 31.9 Å². The van der Waals surface area contributed by atoms with E-state index >= 15 is 0 Å². The second-order valence-corrected chi connectivity index (χ2v) is 6.01. The predicted octanol–water partition coefficient (Wildman–Crippen LogP) is 1.87. The number of hydrogen-bond donors (Lipinski definition) is 1. The van der Waals surface area contributed by atoms with Gasteiger partial charge in [-0.2, -0.15) is 5.10 Å². The Labute approximate surface area is 135 Å². The van der Waals surface area contributed by atoms with E-state index in [2.05, 4.69) is 15.4 Å². The van der Waals surface area contributed by atoms with Crippen molar-refractivity contribution in [3.05, 3.63) is 47.5 Å². The number of hydrogen-bond acceptors (Lipinski definition) is 4. The quantitative estimate of drug-likeness (QED) is 0.935. The van der Waals surface area contributed by atoms with Crippen LogP contribution in [0.4, 0.5) is 0 Å². The topological polar surface area (TPSA) is 69.0 Å². The summed E-state index contributed by atoms with van der Waals surface area (Å²) in [6.07, 6.45) is 5.95. The minimum atomic E-state index is -0.236. The van der Waals surface area contributed by atoms with Crippen molar-refractivity contribution < 1.29 is 9.53 Å². The molecule has 1 aliphatic heterocycles. The number of rotatable bonds is 4. The molecule has 1 N–H and O–H groups in total. The third-order valence-corrected chi connectivity index (χ3v) is 4.58. The molecule has 1 saturated heterocycles. The summed E-state index contributed by atoms with van der Waals surface area (Å²) in [5.74, 6) is -0.236. The number of aromatic nitrogens is 3. The molecule has 0 aliphatic carbocycles. The minimum Gasteiger partial charge on any atom is -0.371 e. The molecule has 3 rings (SSSR count). The van der Waals surface area contributed by atoms with Crippen molar-refractivity contribution >= 4 is 5.91 Å². The van der Waals surface area contributed by atoms with Gasteiger partial charge >= 0.3 is 0 Å². The molecule has 1 fully saturated rings. The number of pyridine rings is 1. The molecule has 3 atom stereocenters. The Balaban J connectivity index is 1.71. The average Bonchev–Trinajstić information content (AvgIpc) is 3.15. The zero-order chi connectivity index (χ0) is 16.4. The molecule has 23 heavy (non-hydrogen) atoms. The van der Waals surface area contributed by atoms with E-state index in [1.165, 1.54) is 0 Å². The highest BCUT2D eigenvalue weighted by molar-refractivity contribution is 5.83. The number of amides is 1. The fraction of sp³-hybridized carbons (Fsp3) is 0.471. The van der Waals surface area contributed by atoms with Gasteiger partial charge in [0.1, 0.15) is 6.10 Å². The highest BCUT2D eigenvalue weighted by atomic mass is 16.5. The van der Waals surface area contributed by atoms with Gasteiger partial charge in [-0.25, -0.2) is 0 Å². The predicted molar refractivity (Wildman–Crippen MR) is 85.8 cm³/mol. The first-order valence-electron chi connectivity index (χ1n) is 7.88. The van der Waals surface area contributed by atoms with E-state index in [1.807, 2.05) is 43.9 Å². The molecule has 2 aromatic rings. The molecule has 1 unspecified atom stereocenters. The van der Waals surface area contributed by atoms with Gasteiger partial charge in [0.25, 0.3) is 0 Å². The molecule has 0 radical (unpaired) electrons. The van der Waals surface area contributed by atoms with Gasteiger partial charge in [0.15, 0.2) is 0 Å². The third kappa shape index (κ3) is 3.12. The van der Waals surface area contributed by atoms with Crippen LogP contribution < -0.4 is 5.32 Å². The van der Waals surface area contributed by atoms with Crippen LogP contribution in [0.2, 0.25) is 0 Å². The number of carbonyl (C=O) groups excluding carboxylic acids is 1. The van der Waals surface area contributed by atoms with Crippen LogP contribution in [0.3, 0.4) is 0 Å². The second kappa shape index (κ2) is 6.50. The van der Waals surface area contributed by atoms with Gasteiger partial charge in [-0.3, -0.25) is 14.5 Å². The second-order valence-electron chi connectivity index (χ2n) is 6.01. The van der Waals surface area contributed by atoms with Gasteiger partial charge in [0.2, 0.25) is 5.91 Å². The van der Waals surface area contributed by atoms with Crippen molar-refractivity contribution in [1.82, 2.24) is 20.1 Å². The zero-order valence-corrected chi connectivity index (χ0v) is 13.7. The number of nitrogens with one attached hydrogen (secondary N) is 1. The number of carbonyl (C=O) groups is 1. The first kappa shape index (κ1) is 15.7. The maximum absolute atomic E-state index is 12.6. The highest BCUT2D eigenvalue weighted by Crippen LogP contribution is 2.31. The van der Waals surface area contributed by atoms with Crippen LogP contribution in [-0.4, -0.2) is 33.3 Å². The zero-order valence-electron chi connectivity index (χ0n) is 13.7. The van der Waals surface area contributed by atoms with Crippen LogP contribution in [0, 0.1) is 6.92 Å². The van der Waals surface area contributed by atoms with Gasteiger partial charge < -0.3 is 10.1 Å². The Morgan fingerprint density at radius 2 is 2.30 bits per heavy atom. The number of ether oxygens (including phenoxy) is 1. The normalized spacial score (nSPS) is 22.0. The first-order valence-corrected chi connectivity index (χ1v) is 7.88. The highest BCUT2D eigenvalue weighted by Gasteiger charge is 2.34. The molecule has 3 heterocycles. The third-order valence-electron chi connectivity index (χ3n) is 4.58. The van der Waals surface area contributed by atoms with E-state index in [-0.39, 0.29) is 24.0 Å². The number of nitrogens with zero attached hydrogens (tertiary/aromatic N) is 3. The number of aryl methyl sites for hydroxylation is 1. The van der Waals surface area contributed by atoms with Crippen LogP contribution in [0.1, 0.15) is 42.2 Å². The molecule has 1 aliphatic rings. The largest absolute Gasteiger partial charge is 0.371 e. The fourth-order valence-electron chi connectivity index (χ4n) is 2.93. The van der Waals surface area contributed by atoms with Crippen molar-refractivity contribution in [2.45, 2.75) is 38.3 Å². The molecule has 6 nitrogen and oxygen atoms in total. The molecule has 0 spiro atoms. The summed E-state index contributed by atoms with van der Waals surface area (Å²) >= 11 is 0. The van der Waals surface area contributed by atoms with Crippen LogP contribution >= 0.6 is 0 Å². The Kier molecular flexibility index (Phi) is 4.43. The van der Waals surface area contributed by atoms with Crippen LogP contribution in [0.15, 0.2) is 30.7 Å².